The zero-order chi connectivity index (χ0) is 17.0. The van der Waals surface area contributed by atoms with Crippen molar-refractivity contribution in [2.24, 2.45) is 0 Å². The van der Waals surface area contributed by atoms with E-state index in [1.54, 1.807) is 11.4 Å². The molecule has 1 atom stereocenters. The second-order valence-corrected chi connectivity index (χ2v) is 5.48. The van der Waals surface area contributed by atoms with Crippen molar-refractivity contribution in [1.82, 2.24) is 24.9 Å². The van der Waals surface area contributed by atoms with Crippen molar-refractivity contribution in [2.75, 3.05) is 7.11 Å². The van der Waals surface area contributed by atoms with Crippen LogP contribution in [0.4, 0.5) is 0 Å². The van der Waals surface area contributed by atoms with E-state index in [2.05, 4.69) is 25.1 Å². The third-order valence-electron chi connectivity index (χ3n) is 3.70. The summed E-state index contributed by atoms with van der Waals surface area (Å²) in [6.45, 7) is 5.60. The van der Waals surface area contributed by atoms with Crippen molar-refractivity contribution in [1.29, 1.82) is 0 Å². The normalized spacial score (nSPS) is 12.2. The molecule has 2 heterocycles. The molecule has 0 radical (unpaired) electrons. The lowest BCUT2D eigenvalue weighted by molar-refractivity contribution is -0.141. The molecule has 1 N–H and O–H groups in total. The summed E-state index contributed by atoms with van der Waals surface area (Å²) in [5, 5.41) is 6.92. The zero-order valence-electron chi connectivity index (χ0n) is 13.8. The predicted molar refractivity (Wildman–Crippen MR) is 82.8 cm³/mol. The van der Waals surface area contributed by atoms with Gasteiger partial charge >= 0.3 is 5.97 Å². The number of nitrogens with zero attached hydrogens (tertiary/aromatic N) is 4. The summed E-state index contributed by atoms with van der Waals surface area (Å²) in [5.41, 5.74) is 2.76. The van der Waals surface area contributed by atoms with E-state index < -0.39 is 0 Å². The number of carbonyl (C=O) groups is 2. The first-order valence-electron chi connectivity index (χ1n) is 7.44. The SMILES string of the molecule is COC(=O)CC(C)NC(=O)CCc1c(C)nc2ncnn2c1C. The van der Waals surface area contributed by atoms with Gasteiger partial charge in [0.15, 0.2) is 0 Å². The Hall–Kier alpha value is -2.51. The smallest absolute Gasteiger partial charge is 0.307 e. The van der Waals surface area contributed by atoms with Gasteiger partial charge in [0.1, 0.15) is 6.33 Å². The molecule has 1 unspecified atom stereocenters. The summed E-state index contributed by atoms with van der Waals surface area (Å²) in [6, 6.07) is -0.256. The van der Waals surface area contributed by atoms with Crippen LogP contribution in [0.25, 0.3) is 5.78 Å². The minimum absolute atomic E-state index is 0.112. The molecule has 0 aliphatic carbocycles. The Balaban J connectivity index is 1.98. The van der Waals surface area contributed by atoms with E-state index in [4.69, 9.17) is 0 Å². The van der Waals surface area contributed by atoms with Crippen LogP contribution in [0.2, 0.25) is 0 Å². The monoisotopic (exact) mass is 319 g/mol. The van der Waals surface area contributed by atoms with E-state index in [1.807, 2.05) is 13.8 Å². The van der Waals surface area contributed by atoms with Crippen molar-refractivity contribution in [2.45, 2.75) is 46.1 Å². The molecule has 0 fully saturated rings. The number of esters is 1. The van der Waals surface area contributed by atoms with E-state index in [9.17, 15) is 9.59 Å². The van der Waals surface area contributed by atoms with Gasteiger partial charge in [-0.1, -0.05) is 0 Å². The number of carbonyl (C=O) groups excluding carboxylic acids is 2. The Kier molecular flexibility index (Phi) is 5.25. The molecule has 0 aromatic carbocycles. The fourth-order valence-electron chi connectivity index (χ4n) is 2.49. The Morgan fingerprint density at radius 3 is 2.83 bits per heavy atom. The van der Waals surface area contributed by atoms with Gasteiger partial charge in [0.25, 0.3) is 5.78 Å². The van der Waals surface area contributed by atoms with Crippen molar-refractivity contribution >= 4 is 17.7 Å². The molecular formula is C15H21N5O3. The fourth-order valence-corrected chi connectivity index (χ4v) is 2.49. The largest absolute Gasteiger partial charge is 0.469 e. The highest BCUT2D eigenvalue weighted by molar-refractivity contribution is 5.77. The summed E-state index contributed by atoms with van der Waals surface area (Å²) in [7, 11) is 1.33. The number of hydrogen-bond acceptors (Lipinski definition) is 6. The third-order valence-corrected chi connectivity index (χ3v) is 3.70. The molecule has 2 aromatic rings. The number of nitrogens with one attached hydrogen (secondary N) is 1. The molecule has 124 valence electrons. The first-order valence-corrected chi connectivity index (χ1v) is 7.44. The molecule has 2 rings (SSSR count). The molecule has 23 heavy (non-hydrogen) atoms. The number of amides is 1. The number of ether oxygens (including phenoxy) is 1. The molecule has 0 saturated carbocycles. The van der Waals surface area contributed by atoms with Crippen LogP contribution in [0, 0.1) is 13.8 Å². The summed E-state index contributed by atoms with van der Waals surface area (Å²) in [5.74, 6) is 0.101. The summed E-state index contributed by atoms with van der Waals surface area (Å²) in [6.07, 6.45) is 2.48. The first-order chi connectivity index (χ1) is 10.9. The van der Waals surface area contributed by atoms with Gasteiger partial charge in [-0.25, -0.2) is 9.50 Å². The molecule has 2 aromatic heterocycles. The van der Waals surface area contributed by atoms with Crippen LogP contribution in [0.15, 0.2) is 6.33 Å². The maximum atomic E-state index is 12.0. The second-order valence-electron chi connectivity index (χ2n) is 5.48. The van der Waals surface area contributed by atoms with E-state index in [0.29, 0.717) is 18.6 Å². The topological polar surface area (TPSA) is 98.5 Å². The minimum atomic E-state index is -0.342. The standard InChI is InChI=1S/C15H21N5O3/c1-9(7-14(22)23-4)18-13(21)6-5-12-10(2)19-15-16-8-17-20(15)11(12)3/h8-9H,5-7H2,1-4H3,(H,18,21). The number of aromatic nitrogens is 4. The van der Waals surface area contributed by atoms with Gasteiger partial charge in [0.05, 0.1) is 13.5 Å². The lowest BCUT2D eigenvalue weighted by Gasteiger charge is -2.14. The van der Waals surface area contributed by atoms with Crippen LogP contribution < -0.4 is 5.32 Å². The fraction of sp³-hybridized carbons (Fsp3) is 0.533. The van der Waals surface area contributed by atoms with E-state index in [1.165, 1.54) is 13.4 Å². The van der Waals surface area contributed by atoms with Crippen LogP contribution in [-0.2, 0) is 20.7 Å². The quantitative estimate of drug-likeness (QED) is 0.789. The van der Waals surface area contributed by atoms with Crippen LogP contribution in [0.5, 0.6) is 0 Å². The molecule has 0 aliphatic rings. The summed E-state index contributed by atoms with van der Waals surface area (Å²) < 4.78 is 6.25. The number of fused-ring (bicyclic) bond motifs is 1. The second kappa shape index (κ2) is 7.17. The van der Waals surface area contributed by atoms with Gasteiger partial charge in [-0.2, -0.15) is 10.1 Å². The van der Waals surface area contributed by atoms with E-state index in [0.717, 1.165) is 17.0 Å². The Bertz CT molecular complexity index is 725. The highest BCUT2D eigenvalue weighted by Gasteiger charge is 2.15. The zero-order valence-corrected chi connectivity index (χ0v) is 13.8. The van der Waals surface area contributed by atoms with Gasteiger partial charge in [0.2, 0.25) is 5.91 Å². The molecule has 0 aliphatic heterocycles. The number of methoxy groups -OCH3 is 1. The van der Waals surface area contributed by atoms with Crippen molar-refractivity contribution in [3.8, 4) is 0 Å². The predicted octanol–water partition coefficient (Wildman–Crippen LogP) is 0.742. The van der Waals surface area contributed by atoms with Gasteiger partial charge < -0.3 is 10.1 Å². The van der Waals surface area contributed by atoms with Crippen molar-refractivity contribution in [3.05, 3.63) is 23.3 Å². The Labute approximate surface area is 134 Å². The average molecular weight is 319 g/mol. The number of aryl methyl sites for hydroxylation is 2. The van der Waals surface area contributed by atoms with Crippen molar-refractivity contribution < 1.29 is 14.3 Å². The highest BCUT2D eigenvalue weighted by atomic mass is 16.5. The van der Waals surface area contributed by atoms with Gasteiger partial charge in [0, 0.05) is 23.9 Å². The van der Waals surface area contributed by atoms with Crippen LogP contribution in [0.1, 0.15) is 36.7 Å². The number of rotatable bonds is 6. The molecule has 0 spiro atoms. The maximum absolute atomic E-state index is 12.0. The Morgan fingerprint density at radius 1 is 1.39 bits per heavy atom. The molecule has 8 nitrogen and oxygen atoms in total. The lowest BCUT2D eigenvalue weighted by atomic mass is 10.1. The van der Waals surface area contributed by atoms with Gasteiger partial charge in [-0.15, -0.1) is 0 Å². The lowest BCUT2D eigenvalue weighted by Crippen LogP contribution is -2.34. The van der Waals surface area contributed by atoms with E-state index >= 15 is 0 Å². The average Bonchev–Trinajstić information content (AvgIpc) is 2.94. The van der Waals surface area contributed by atoms with Crippen LogP contribution in [0.3, 0.4) is 0 Å². The molecule has 8 heteroatoms. The molecular weight excluding hydrogens is 298 g/mol. The van der Waals surface area contributed by atoms with Crippen molar-refractivity contribution in [3.63, 3.8) is 0 Å². The highest BCUT2D eigenvalue weighted by Crippen LogP contribution is 2.14. The molecule has 1 amide bonds. The van der Waals surface area contributed by atoms with Gasteiger partial charge in [-0.05, 0) is 32.8 Å². The maximum Gasteiger partial charge on any atom is 0.307 e. The molecule has 0 saturated heterocycles. The molecule has 0 bridgehead atoms. The van der Waals surface area contributed by atoms with Crippen LogP contribution >= 0.6 is 0 Å². The minimum Gasteiger partial charge on any atom is -0.469 e. The Morgan fingerprint density at radius 2 is 2.13 bits per heavy atom. The summed E-state index contributed by atoms with van der Waals surface area (Å²) in [4.78, 5) is 31.6. The summed E-state index contributed by atoms with van der Waals surface area (Å²) >= 11 is 0. The van der Waals surface area contributed by atoms with Crippen LogP contribution in [-0.4, -0.2) is 44.6 Å². The third kappa shape index (κ3) is 4.02. The van der Waals surface area contributed by atoms with Gasteiger partial charge in [-0.3, -0.25) is 9.59 Å². The number of hydrogen-bond donors (Lipinski definition) is 1. The first kappa shape index (κ1) is 16.9. The van der Waals surface area contributed by atoms with E-state index in [-0.39, 0.29) is 24.3 Å².